The number of nitrogens with one attached hydrogen (secondary N) is 2. The molecule has 2 N–H and O–H groups in total. The Morgan fingerprint density at radius 3 is 2.50 bits per heavy atom. The van der Waals surface area contributed by atoms with Gasteiger partial charge in [0.2, 0.25) is 0 Å². The number of carbonyl (C=O) groups is 2. The van der Waals surface area contributed by atoms with E-state index in [9.17, 15) is 22.8 Å². The van der Waals surface area contributed by atoms with Crippen LogP contribution in [0.15, 0.2) is 18.2 Å². The molecule has 1 fully saturated rings. The van der Waals surface area contributed by atoms with Crippen molar-refractivity contribution in [3.05, 3.63) is 29.3 Å². The molecule has 0 atom stereocenters. The number of alkyl halides is 3. The van der Waals surface area contributed by atoms with Crippen molar-refractivity contribution in [3.8, 4) is 0 Å². The van der Waals surface area contributed by atoms with Crippen LogP contribution in [0.5, 0.6) is 0 Å². The lowest BCUT2D eigenvalue weighted by Crippen LogP contribution is -2.40. The normalized spacial score (nSPS) is 15.1. The van der Waals surface area contributed by atoms with Crippen LogP contribution in [0.1, 0.15) is 15.9 Å². The van der Waals surface area contributed by atoms with Crippen LogP contribution in [0.2, 0.25) is 0 Å². The van der Waals surface area contributed by atoms with Crippen molar-refractivity contribution >= 4 is 17.6 Å². The van der Waals surface area contributed by atoms with E-state index in [0.29, 0.717) is 43.1 Å². The molecule has 1 aliphatic heterocycles. The zero-order valence-corrected chi connectivity index (χ0v) is 13.1. The van der Waals surface area contributed by atoms with Crippen molar-refractivity contribution in [1.29, 1.82) is 0 Å². The number of halogens is 3. The van der Waals surface area contributed by atoms with E-state index >= 15 is 0 Å². The van der Waals surface area contributed by atoms with Crippen LogP contribution in [-0.2, 0) is 4.74 Å². The van der Waals surface area contributed by atoms with E-state index in [-0.39, 0.29) is 5.91 Å². The minimum atomic E-state index is -4.47. The topological polar surface area (TPSA) is 70.7 Å². The maximum absolute atomic E-state index is 12.3. The molecule has 0 unspecified atom stereocenters. The van der Waals surface area contributed by atoms with Gasteiger partial charge in [0.05, 0.1) is 13.2 Å². The quantitative estimate of drug-likeness (QED) is 0.882. The summed E-state index contributed by atoms with van der Waals surface area (Å²) in [5.74, 6) is -0.144. The van der Waals surface area contributed by atoms with Crippen molar-refractivity contribution in [2.45, 2.75) is 13.1 Å². The standard InChI is InChI=1S/C15H18F3N3O3/c1-10-8-11(13(22)21-4-6-24-7-5-21)2-3-12(10)20-14(23)19-9-15(16,17)18/h2-3,8H,4-7,9H2,1H3,(H2,19,20,23). The fourth-order valence-corrected chi connectivity index (χ4v) is 2.23. The highest BCUT2D eigenvalue weighted by molar-refractivity contribution is 5.96. The number of amides is 3. The molecule has 0 radical (unpaired) electrons. The van der Waals surface area contributed by atoms with Crippen molar-refractivity contribution in [1.82, 2.24) is 10.2 Å². The van der Waals surface area contributed by atoms with Crippen molar-refractivity contribution in [2.75, 3.05) is 38.2 Å². The lowest BCUT2D eigenvalue weighted by atomic mass is 10.1. The Labute approximate surface area is 137 Å². The van der Waals surface area contributed by atoms with Gasteiger partial charge in [-0.1, -0.05) is 0 Å². The minimum Gasteiger partial charge on any atom is -0.378 e. The SMILES string of the molecule is Cc1cc(C(=O)N2CCOCC2)ccc1NC(=O)NCC(F)(F)F. The molecule has 0 spiro atoms. The fraction of sp³-hybridized carbons (Fsp3) is 0.467. The summed E-state index contributed by atoms with van der Waals surface area (Å²) in [5.41, 5.74) is 1.38. The second-order valence-corrected chi connectivity index (χ2v) is 5.36. The molecule has 0 bridgehead atoms. The zero-order chi connectivity index (χ0) is 17.7. The summed E-state index contributed by atoms with van der Waals surface area (Å²) in [6.07, 6.45) is -4.47. The van der Waals surface area contributed by atoms with Gasteiger partial charge in [0.15, 0.2) is 0 Å². The molecule has 0 saturated carbocycles. The average molecular weight is 345 g/mol. The summed E-state index contributed by atoms with van der Waals surface area (Å²) in [5, 5.41) is 4.06. The fourth-order valence-electron chi connectivity index (χ4n) is 2.23. The molecule has 6 nitrogen and oxygen atoms in total. The van der Waals surface area contributed by atoms with E-state index in [1.165, 1.54) is 12.1 Å². The highest BCUT2D eigenvalue weighted by Crippen LogP contribution is 2.18. The molecule has 0 aromatic heterocycles. The number of hydrogen-bond acceptors (Lipinski definition) is 3. The number of rotatable bonds is 3. The van der Waals surface area contributed by atoms with E-state index in [2.05, 4.69) is 5.32 Å². The smallest absolute Gasteiger partial charge is 0.378 e. The Balaban J connectivity index is 1.98. The summed E-state index contributed by atoms with van der Waals surface area (Å²) in [6, 6.07) is 3.67. The largest absolute Gasteiger partial charge is 0.405 e. The molecule has 1 aromatic carbocycles. The number of anilines is 1. The molecule has 132 valence electrons. The van der Waals surface area contributed by atoms with Crippen LogP contribution in [-0.4, -0.2) is 55.9 Å². The molecule has 1 aromatic rings. The van der Waals surface area contributed by atoms with E-state index in [1.807, 2.05) is 0 Å². The number of nitrogens with zero attached hydrogens (tertiary/aromatic N) is 1. The second-order valence-electron chi connectivity index (χ2n) is 5.36. The van der Waals surface area contributed by atoms with Gasteiger partial charge >= 0.3 is 12.2 Å². The lowest BCUT2D eigenvalue weighted by Gasteiger charge is -2.27. The predicted molar refractivity (Wildman–Crippen MR) is 81.0 cm³/mol. The van der Waals surface area contributed by atoms with Crippen molar-refractivity contribution in [2.24, 2.45) is 0 Å². The third-order valence-corrected chi connectivity index (χ3v) is 3.47. The Bertz CT molecular complexity index is 614. The highest BCUT2D eigenvalue weighted by Gasteiger charge is 2.27. The highest BCUT2D eigenvalue weighted by atomic mass is 19.4. The Morgan fingerprint density at radius 1 is 1.25 bits per heavy atom. The summed E-state index contributed by atoms with van der Waals surface area (Å²) < 4.78 is 41.4. The first kappa shape index (κ1) is 18.1. The van der Waals surface area contributed by atoms with Gasteiger partial charge in [-0.15, -0.1) is 0 Å². The van der Waals surface area contributed by atoms with Gasteiger partial charge in [-0.2, -0.15) is 13.2 Å². The molecular formula is C15H18F3N3O3. The van der Waals surface area contributed by atoms with Crippen molar-refractivity contribution < 1.29 is 27.5 Å². The van der Waals surface area contributed by atoms with E-state index in [0.717, 1.165) is 0 Å². The van der Waals surface area contributed by atoms with Crippen LogP contribution in [0, 0.1) is 6.92 Å². The van der Waals surface area contributed by atoms with E-state index in [4.69, 9.17) is 4.74 Å². The number of aryl methyl sites for hydroxylation is 1. The first-order valence-corrected chi connectivity index (χ1v) is 7.35. The van der Waals surface area contributed by atoms with Gasteiger partial charge in [-0.05, 0) is 30.7 Å². The number of urea groups is 1. The number of benzene rings is 1. The third kappa shape index (κ3) is 5.12. The third-order valence-electron chi connectivity index (χ3n) is 3.47. The van der Waals surface area contributed by atoms with Gasteiger partial charge in [0.1, 0.15) is 6.54 Å². The van der Waals surface area contributed by atoms with Crippen LogP contribution < -0.4 is 10.6 Å². The summed E-state index contributed by atoms with van der Waals surface area (Å²) in [4.78, 5) is 25.5. The second kappa shape index (κ2) is 7.52. The molecule has 3 amide bonds. The van der Waals surface area contributed by atoms with Gasteiger partial charge in [-0.25, -0.2) is 4.79 Å². The molecule has 1 saturated heterocycles. The van der Waals surface area contributed by atoms with Crippen LogP contribution in [0.4, 0.5) is 23.7 Å². The van der Waals surface area contributed by atoms with Gasteiger partial charge in [-0.3, -0.25) is 4.79 Å². The Hall–Kier alpha value is -2.29. The molecule has 1 heterocycles. The molecule has 9 heteroatoms. The lowest BCUT2D eigenvalue weighted by molar-refractivity contribution is -0.122. The molecule has 2 rings (SSSR count). The minimum absolute atomic E-state index is 0.144. The molecule has 24 heavy (non-hydrogen) atoms. The summed E-state index contributed by atoms with van der Waals surface area (Å²) >= 11 is 0. The molecular weight excluding hydrogens is 327 g/mol. The van der Waals surface area contributed by atoms with Crippen LogP contribution in [0.3, 0.4) is 0 Å². The maximum Gasteiger partial charge on any atom is 0.405 e. The summed E-state index contributed by atoms with van der Waals surface area (Å²) in [6.45, 7) is 2.25. The van der Waals surface area contributed by atoms with Crippen molar-refractivity contribution in [3.63, 3.8) is 0 Å². The number of ether oxygens (including phenoxy) is 1. The Morgan fingerprint density at radius 2 is 1.92 bits per heavy atom. The van der Waals surface area contributed by atoms with E-state index < -0.39 is 18.8 Å². The zero-order valence-electron chi connectivity index (χ0n) is 13.1. The van der Waals surface area contributed by atoms with E-state index in [1.54, 1.807) is 23.2 Å². The number of hydrogen-bond donors (Lipinski definition) is 2. The Kier molecular flexibility index (Phi) is 5.66. The van der Waals surface area contributed by atoms with Gasteiger partial charge in [0.25, 0.3) is 5.91 Å². The predicted octanol–water partition coefficient (Wildman–Crippen LogP) is 2.15. The number of morpholine rings is 1. The first-order chi connectivity index (χ1) is 11.3. The molecule has 0 aliphatic carbocycles. The average Bonchev–Trinajstić information content (AvgIpc) is 2.54. The number of carbonyl (C=O) groups excluding carboxylic acids is 2. The van der Waals surface area contributed by atoms with Crippen LogP contribution in [0.25, 0.3) is 0 Å². The van der Waals surface area contributed by atoms with Gasteiger partial charge in [0, 0.05) is 24.3 Å². The van der Waals surface area contributed by atoms with Crippen LogP contribution >= 0.6 is 0 Å². The van der Waals surface area contributed by atoms with Gasteiger partial charge < -0.3 is 20.3 Å². The monoisotopic (exact) mass is 345 g/mol. The maximum atomic E-state index is 12.3. The first-order valence-electron chi connectivity index (χ1n) is 7.35. The summed E-state index contributed by atoms with van der Waals surface area (Å²) in [7, 11) is 0. The molecule has 1 aliphatic rings.